The summed E-state index contributed by atoms with van der Waals surface area (Å²) in [4.78, 5) is 0. The first-order valence-corrected chi connectivity index (χ1v) is 7.83. The molecule has 0 spiro atoms. The van der Waals surface area contributed by atoms with Crippen LogP contribution in [0.5, 0.6) is 0 Å². The van der Waals surface area contributed by atoms with E-state index in [1.165, 1.54) is 36.6 Å². The molecule has 1 nitrogen and oxygen atoms in total. The smallest absolute Gasteiger partial charge is 0.0933 e. The zero-order valence-electron chi connectivity index (χ0n) is 12.9. The fourth-order valence-corrected chi connectivity index (χ4v) is 2.62. The third-order valence-corrected chi connectivity index (χ3v) is 3.64. The predicted octanol–water partition coefficient (Wildman–Crippen LogP) is 5.54. The monoisotopic (exact) mass is 267 g/mol. The molecule has 0 saturated carbocycles. The standard InChI is InChI=1S/C19H25N/c1-4-5-6-7-8-9-13-18-15-17-12-10-11-14-19(17)20(18)16(2)3/h10-12,14-16H,4-8H2,1-3H3. The van der Waals surface area contributed by atoms with Gasteiger partial charge in [-0.05, 0) is 38.3 Å². The van der Waals surface area contributed by atoms with Gasteiger partial charge in [0.25, 0.3) is 0 Å². The maximum Gasteiger partial charge on any atom is 0.0933 e. The van der Waals surface area contributed by atoms with E-state index in [1.807, 2.05) is 0 Å². The number of aromatic nitrogens is 1. The topological polar surface area (TPSA) is 4.93 Å². The summed E-state index contributed by atoms with van der Waals surface area (Å²) in [6.07, 6.45) is 6.16. The van der Waals surface area contributed by atoms with Crippen molar-refractivity contribution in [3.63, 3.8) is 0 Å². The Hall–Kier alpha value is -1.68. The van der Waals surface area contributed by atoms with Gasteiger partial charge in [0.2, 0.25) is 0 Å². The van der Waals surface area contributed by atoms with E-state index in [9.17, 15) is 0 Å². The number of rotatable bonds is 5. The van der Waals surface area contributed by atoms with E-state index in [1.54, 1.807) is 0 Å². The van der Waals surface area contributed by atoms with E-state index in [0.29, 0.717) is 6.04 Å². The molecule has 0 unspecified atom stereocenters. The highest BCUT2D eigenvalue weighted by atomic mass is 15.0. The largest absolute Gasteiger partial charge is 0.332 e. The van der Waals surface area contributed by atoms with Crippen LogP contribution in [0.15, 0.2) is 30.3 Å². The summed E-state index contributed by atoms with van der Waals surface area (Å²) >= 11 is 0. The van der Waals surface area contributed by atoms with Crippen LogP contribution in [0.4, 0.5) is 0 Å². The zero-order chi connectivity index (χ0) is 14.4. The lowest BCUT2D eigenvalue weighted by molar-refractivity contribution is 0.617. The lowest BCUT2D eigenvalue weighted by atomic mass is 10.1. The van der Waals surface area contributed by atoms with Crippen LogP contribution in [0.2, 0.25) is 0 Å². The van der Waals surface area contributed by atoms with Crippen molar-refractivity contribution in [2.24, 2.45) is 0 Å². The Morgan fingerprint density at radius 1 is 1.10 bits per heavy atom. The third kappa shape index (κ3) is 3.45. The van der Waals surface area contributed by atoms with Crippen LogP contribution in [-0.2, 0) is 0 Å². The molecule has 20 heavy (non-hydrogen) atoms. The lowest BCUT2D eigenvalue weighted by Crippen LogP contribution is -2.02. The molecule has 0 N–H and O–H groups in total. The second-order valence-corrected chi connectivity index (χ2v) is 5.66. The van der Waals surface area contributed by atoms with Crippen molar-refractivity contribution >= 4 is 10.9 Å². The van der Waals surface area contributed by atoms with Crippen molar-refractivity contribution < 1.29 is 0 Å². The molecule has 2 aromatic rings. The number of unbranched alkanes of at least 4 members (excludes halogenated alkanes) is 4. The number of para-hydroxylation sites is 1. The Kier molecular flexibility index (Phi) is 5.30. The summed E-state index contributed by atoms with van der Waals surface area (Å²) in [5, 5.41) is 1.29. The normalized spacial score (nSPS) is 10.8. The molecule has 0 aliphatic carbocycles. The fraction of sp³-hybridized carbons (Fsp3) is 0.474. The first kappa shape index (κ1) is 14.7. The van der Waals surface area contributed by atoms with E-state index in [4.69, 9.17) is 0 Å². The molecule has 0 bridgehead atoms. The number of hydrogen-bond acceptors (Lipinski definition) is 0. The number of hydrogen-bond donors (Lipinski definition) is 0. The minimum atomic E-state index is 0.444. The van der Waals surface area contributed by atoms with Crippen LogP contribution in [0.1, 0.15) is 64.6 Å². The summed E-state index contributed by atoms with van der Waals surface area (Å²) in [6, 6.07) is 11.2. The quantitative estimate of drug-likeness (QED) is 0.495. The maximum atomic E-state index is 3.37. The van der Waals surface area contributed by atoms with Crippen LogP contribution in [-0.4, -0.2) is 4.57 Å². The Bertz CT molecular complexity index is 607. The molecule has 0 saturated heterocycles. The first-order chi connectivity index (χ1) is 9.74. The van der Waals surface area contributed by atoms with Crippen molar-refractivity contribution in [3.05, 3.63) is 36.0 Å². The Morgan fingerprint density at radius 3 is 2.65 bits per heavy atom. The van der Waals surface area contributed by atoms with Gasteiger partial charge >= 0.3 is 0 Å². The SMILES string of the molecule is CCCCCCC#Cc1cc2ccccc2n1C(C)C. The molecule has 1 aromatic carbocycles. The van der Waals surface area contributed by atoms with Crippen LogP contribution in [0.3, 0.4) is 0 Å². The second-order valence-electron chi connectivity index (χ2n) is 5.66. The summed E-state index contributed by atoms with van der Waals surface area (Å²) in [5.74, 6) is 6.72. The fourth-order valence-electron chi connectivity index (χ4n) is 2.62. The second kappa shape index (κ2) is 7.20. The molecule has 1 aromatic heterocycles. The first-order valence-electron chi connectivity index (χ1n) is 7.83. The average Bonchev–Trinajstić information content (AvgIpc) is 2.81. The summed E-state index contributed by atoms with van der Waals surface area (Å²) < 4.78 is 2.34. The van der Waals surface area contributed by atoms with Crippen molar-refractivity contribution in [2.75, 3.05) is 0 Å². The predicted molar refractivity (Wildman–Crippen MR) is 88.0 cm³/mol. The summed E-state index contributed by atoms with van der Waals surface area (Å²) in [5.41, 5.74) is 2.44. The van der Waals surface area contributed by atoms with Crippen molar-refractivity contribution in [1.82, 2.24) is 4.57 Å². The maximum absolute atomic E-state index is 3.37. The average molecular weight is 267 g/mol. The molecule has 1 heteroatoms. The number of nitrogens with zero attached hydrogens (tertiary/aromatic N) is 1. The minimum Gasteiger partial charge on any atom is -0.332 e. The zero-order valence-corrected chi connectivity index (χ0v) is 12.9. The van der Waals surface area contributed by atoms with Gasteiger partial charge < -0.3 is 4.57 Å². The Labute approximate surface area is 123 Å². The summed E-state index contributed by atoms with van der Waals surface area (Å²) in [6.45, 7) is 6.69. The highest BCUT2D eigenvalue weighted by Crippen LogP contribution is 2.23. The van der Waals surface area contributed by atoms with Gasteiger partial charge in [0, 0.05) is 23.4 Å². The molecule has 2 rings (SSSR count). The van der Waals surface area contributed by atoms with Gasteiger partial charge in [0.05, 0.1) is 5.69 Å². The molecule has 0 fully saturated rings. The molecule has 0 aliphatic rings. The molecule has 0 atom stereocenters. The molecule has 0 radical (unpaired) electrons. The lowest BCUT2D eigenvalue weighted by Gasteiger charge is -2.11. The van der Waals surface area contributed by atoms with Gasteiger partial charge in [-0.1, -0.05) is 50.3 Å². The Balaban J connectivity index is 2.17. The van der Waals surface area contributed by atoms with Gasteiger partial charge in [-0.2, -0.15) is 0 Å². The van der Waals surface area contributed by atoms with E-state index >= 15 is 0 Å². The van der Waals surface area contributed by atoms with Gasteiger partial charge in [0.15, 0.2) is 0 Å². The molecule has 106 valence electrons. The minimum absolute atomic E-state index is 0.444. The van der Waals surface area contributed by atoms with Gasteiger partial charge in [-0.25, -0.2) is 0 Å². The number of fused-ring (bicyclic) bond motifs is 1. The Morgan fingerprint density at radius 2 is 1.90 bits per heavy atom. The molecule has 0 aliphatic heterocycles. The van der Waals surface area contributed by atoms with E-state index in [0.717, 1.165) is 12.1 Å². The van der Waals surface area contributed by atoms with E-state index < -0.39 is 0 Å². The third-order valence-electron chi connectivity index (χ3n) is 3.64. The van der Waals surface area contributed by atoms with Gasteiger partial charge in [-0.15, -0.1) is 0 Å². The highest BCUT2D eigenvalue weighted by Gasteiger charge is 2.08. The van der Waals surface area contributed by atoms with Gasteiger partial charge in [0.1, 0.15) is 0 Å². The van der Waals surface area contributed by atoms with Crippen LogP contribution < -0.4 is 0 Å². The number of benzene rings is 1. The molecular formula is C19H25N. The van der Waals surface area contributed by atoms with Gasteiger partial charge in [-0.3, -0.25) is 0 Å². The molecule has 1 heterocycles. The van der Waals surface area contributed by atoms with Crippen LogP contribution in [0, 0.1) is 11.8 Å². The highest BCUT2D eigenvalue weighted by molar-refractivity contribution is 5.82. The summed E-state index contributed by atoms with van der Waals surface area (Å²) in [7, 11) is 0. The van der Waals surface area contributed by atoms with E-state index in [2.05, 4.69) is 67.5 Å². The van der Waals surface area contributed by atoms with Crippen LogP contribution in [0.25, 0.3) is 10.9 Å². The molecular weight excluding hydrogens is 242 g/mol. The van der Waals surface area contributed by atoms with Crippen LogP contribution >= 0.6 is 0 Å². The molecule has 0 amide bonds. The van der Waals surface area contributed by atoms with Crippen molar-refractivity contribution in [3.8, 4) is 11.8 Å². The van der Waals surface area contributed by atoms with Crippen molar-refractivity contribution in [2.45, 2.75) is 58.9 Å². The van der Waals surface area contributed by atoms with Crippen molar-refractivity contribution in [1.29, 1.82) is 0 Å². The van der Waals surface area contributed by atoms with E-state index in [-0.39, 0.29) is 0 Å².